The second-order valence-electron chi connectivity index (χ2n) is 5.36. The largest absolute Gasteiger partial charge is 0.496 e. The van der Waals surface area contributed by atoms with Crippen LogP contribution in [-0.2, 0) is 11.3 Å². The Bertz CT molecular complexity index is 506. The van der Waals surface area contributed by atoms with Crippen molar-refractivity contribution in [1.29, 1.82) is 0 Å². The molecule has 1 aromatic rings. The van der Waals surface area contributed by atoms with E-state index in [1.807, 2.05) is 6.92 Å². The van der Waals surface area contributed by atoms with Crippen LogP contribution in [0, 0.1) is 11.2 Å². The SMILES string of the molecule is CCC1(C(=O)O)CCN(Cc2cc(F)ccc2OC)C1. The monoisotopic (exact) mass is 281 g/mol. The van der Waals surface area contributed by atoms with E-state index in [4.69, 9.17) is 4.74 Å². The fourth-order valence-corrected chi connectivity index (χ4v) is 2.82. The predicted molar refractivity (Wildman–Crippen MR) is 73.2 cm³/mol. The maximum atomic E-state index is 13.3. The van der Waals surface area contributed by atoms with E-state index >= 15 is 0 Å². The van der Waals surface area contributed by atoms with Gasteiger partial charge in [0.1, 0.15) is 11.6 Å². The molecule has 1 fully saturated rings. The van der Waals surface area contributed by atoms with E-state index in [9.17, 15) is 14.3 Å². The zero-order valence-corrected chi connectivity index (χ0v) is 11.9. The standard InChI is InChI=1S/C15H20FNO3/c1-3-15(14(18)19)6-7-17(10-15)9-11-8-12(16)4-5-13(11)20-2/h4-5,8H,3,6-7,9-10H2,1-2H3,(H,18,19). The van der Waals surface area contributed by atoms with Crippen LogP contribution in [-0.4, -0.2) is 36.2 Å². The maximum Gasteiger partial charge on any atom is 0.310 e. The molecule has 4 nitrogen and oxygen atoms in total. The molecule has 1 aromatic carbocycles. The Kier molecular flexibility index (Phi) is 4.28. The average Bonchev–Trinajstić information content (AvgIpc) is 2.84. The summed E-state index contributed by atoms with van der Waals surface area (Å²) in [6, 6.07) is 4.41. The smallest absolute Gasteiger partial charge is 0.310 e. The van der Waals surface area contributed by atoms with Gasteiger partial charge in [-0.25, -0.2) is 4.39 Å². The van der Waals surface area contributed by atoms with Gasteiger partial charge in [-0.15, -0.1) is 0 Å². The molecular weight excluding hydrogens is 261 g/mol. The molecule has 0 aliphatic carbocycles. The van der Waals surface area contributed by atoms with Gasteiger partial charge in [-0.3, -0.25) is 9.69 Å². The van der Waals surface area contributed by atoms with Gasteiger partial charge in [0.15, 0.2) is 0 Å². The average molecular weight is 281 g/mol. The van der Waals surface area contributed by atoms with Crippen molar-refractivity contribution in [2.45, 2.75) is 26.3 Å². The molecule has 110 valence electrons. The number of halogens is 1. The van der Waals surface area contributed by atoms with E-state index in [1.54, 1.807) is 13.2 Å². The zero-order valence-electron chi connectivity index (χ0n) is 11.9. The van der Waals surface area contributed by atoms with E-state index in [1.165, 1.54) is 12.1 Å². The van der Waals surface area contributed by atoms with Crippen LogP contribution in [0.25, 0.3) is 0 Å². The number of aliphatic carboxylic acids is 1. The molecule has 1 aliphatic heterocycles. The Morgan fingerprint density at radius 1 is 1.55 bits per heavy atom. The lowest BCUT2D eigenvalue weighted by Crippen LogP contribution is -2.33. The number of carbonyl (C=O) groups is 1. The summed E-state index contributed by atoms with van der Waals surface area (Å²) in [4.78, 5) is 13.5. The minimum Gasteiger partial charge on any atom is -0.496 e. The Morgan fingerprint density at radius 2 is 2.30 bits per heavy atom. The van der Waals surface area contributed by atoms with Gasteiger partial charge >= 0.3 is 5.97 Å². The van der Waals surface area contributed by atoms with Crippen molar-refractivity contribution in [3.05, 3.63) is 29.6 Å². The zero-order chi connectivity index (χ0) is 14.8. The number of hydrogen-bond donors (Lipinski definition) is 1. The summed E-state index contributed by atoms with van der Waals surface area (Å²) in [5.74, 6) is -0.413. The highest BCUT2D eigenvalue weighted by Gasteiger charge is 2.43. The van der Waals surface area contributed by atoms with Crippen molar-refractivity contribution in [2.24, 2.45) is 5.41 Å². The third kappa shape index (κ3) is 2.77. The maximum absolute atomic E-state index is 13.3. The molecular formula is C15H20FNO3. The minimum atomic E-state index is -0.742. The van der Waals surface area contributed by atoms with Crippen LogP contribution in [0.2, 0.25) is 0 Å². The lowest BCUT2D eigenvalue weighted by molar-refractivity contribution is -0.148. The molecule has 1 saturated heterocycles. The van der Waals surface area contributed by atoms with Gasteiger partial charge in [-0.05, 0) is 37.6 Å². The predicted octanol–water partition coefficient (Wildman–Crippen LogP) is 2.52. The first-order valence-electron chi connectivity index (χ1n) is 6.79. The third-order valence-electron chi connectivity index (χ3n) is 4.20. The summed E-state index contributed by atoms with van der Waals surface area (Å²) in [5.41, 5.74) is 0.0883. The van der Waals surface area contributed by atoms with Crippen molar-refractivity contribution in [2.75, 3.05) is 20.2 Å². The highest BCUT2D eigenvalue weighted by molar-refractivity contribution is 5.75. The summed E-state index contributed by atoms with van der Waals surface area (Å²) in [7, 11) is 1.55. The van der Waals surface area contributed by atoms with E-state index in [0.29, 0.717) is 38.2 Å². The second-order valence-corrected chi connectivity index (χ2v) is 5.36. The van der Waals surface area contributed by atoms with Crippen molar-refractivity contribution in [3.8, 4) is 5.75 Å². The third-order valence-corrected chi connectivity index (χ3v) is 4.20. The van der Waals surface area contributed by atoms with Gasteiger partial charge in [0.2, 0.25) is 0 Å². The molecule has 1 aliphatic rings. The Morgan fingerprint density at radius 3 is 2.85 bits per heavy atom. The lowest BCUT2D eigenvalue weighted by atomic mass is 9.84. The number of nitrogens with zero attached hydrogens (tertiary/aromatic N) is 1. The van der Waals surface area contributed by atoms with Crippen LogP contribution in [0.1, 0.15) is 25.3 Å². The van der Waals surface area contributed by atoms with Crippen LogP contribution in [0.3, 0.4) is 0 Å². The van der Waals surface area contributed by atoms with Crippen molar-refractivity contribution in [3.63, 3.8) is 0 Å². The fourth-order valence-electron chi connectivity index (χ4n) is 2.82. The number of benzene rings is 1. The van der Waals surface area contributed by atoms with Gasteiger partial charge < -0.3 is 9.84 Å². The highest BCUT2D eigenvalue weighted by Crippen LogP contribution is 2.35. The number of rotatable bonds is 5. The van der Waals surface area contributed by atoms with Crippen LogP contribution < -0.4 is 4.74 Å². The minimum absolute atomic E-state index is 0.306. The fraction of sp³-hybridized carbons (Fsp3) is 0.533. The Hall–Kier alpha value is -1.62. The van der Waals surface area contributed by atoms with Gasteiger partial charge in [0, 0.05) is 18.7 Å². The van der Waals surface area contributed by atoms with Gasteiger partial charge in [0.25, 0.3) is 0 Å². The van der Waals surface area contributed by atoms with E-state index in [2.05, 4.69) is 4.90 Å². The first-order chi connectivity index (χ1) is 9.50. The molecule has 1 heterocycles. The van der Waals surface area contributed by atoms with E-state index in [0.717, 1.165) is 5.56 Å². The summed E-state index contributed by atoms with van der Waals surface area (Å²) in [6.07, 6.45) is 1.25. The number of methoxy groups -OCH3 is 1. The first kappa shape index (κ1) is 14.8. The van der Waals surface area contributed by atoms with Gasteiger partial charge in [-0.2, -0.15) is 0 Å². The molecule has 0 saturated carbocycles. The molecule has 0 radical (unpaired) electrons. The quantitative estimate of drug-likeness (QED) is 0.901. The van der Waals surface area contributed by atoms with Crippen molar-refractivity contribution < 1.29 is 19.0 Å². The molecule has 1 unspecified atom stereocenters. The van der Waals surface area contributed by atoms with Crippen LogP contribution in [0.15, 0.2) is 18.2 Å². The molecule has 1 N–H and O–H groups in total. The van der Waals surface area contributed by atoms with Crippen molar-refractivity contribution in [1.82, 2.24) is 4.90 Å². The topological polar surface area (TPSA) is 49.8 Å². The summed E-state index contributed by atoms with van der Waals surface area (Å²) in [6.45, 7) is 3.62. The highest BCUT2D eigenvalue weighted by atomic mass is 19.1. The number of hydrogen-bond acceptors (Lipinski definition) is 3. The van der Waals surface area contributed by atoms with E-state index in [-0.39, 0.29) is 5.82 Å². The number of ether oxygens (including phenoxy) is 1. The van der Waals surface area contributed by atoms with E-state index < -0.39 is 11.4 Å². The molecule has 0 bridgehead atoms. The van der Waals surface area contributed by atoms with Crippen LogP contribution in [0.4, 0.5) is 4.39 Å². The summed E-state index contributed by atoms with van der Waals surface area (Å²) in [5, 5.41) is 9.38. The van der Waals surface area contributed by atoms with Crippen LogP contribution >= 0.6 is 0 Å². The number of likely N-dealkylation sites (tertiary alicyclic amines) is 1. The Labute approximate surface area is 118 Å². The summed E-state index contributed by atoms with van der Waals surface area (Å²) < 4.78 is 18.6. The van der Waals surface area contributed by atoms with Gasteiger partial charge in [-0.1, -0.05) is 6.92 Å². The molecule has 2 rings (SSSR count). The molecule has 0 aromatic heterocycles. The second kappa shape index (κ2) is 5.79. The molecule has 0 spiro atoms. The summed E-state index contributed by atoms with van der Waals surface area (Å²) >= 11 is 0. The normalized spacial score (nSPS) is 22.9. The number of carboxylic acid groups (broad SMARTS) is 1. The lowest BCUT2D eigenvalue weighted by Gasteiger charge is -2.23. The number of carboxylic acids is 1. The first-order valence-corrected chi connectivity index (χ1v) is 6.79. The Balaban J connectivity index is 2.13. The molecule has 0 amide bonds. The van der Waals surface area contributed by atoms with Crippen LogP contribution in [0.5, 0.6) is 5.75 Å². The van der Waals surface area contributed by atoms with Gasteiger partial charge in [0.05, 0.1) is 12.5 Å². The van der Waals surface area contributed by atoms with Crippen molar-refractivity contribution >= 4 is 5.97 Å². The molecule has 5 heteroatoms. The molecule has 20 heavy (non-hydrogen) atoms. The molecule has 1 atom stereocenters.